The van der Waals surface area contributed by atoms with Crippen molar-refractivity contribution in [2.75, 3.05) is 13.2 Å². The van der Waals surface area contributed by atoms with Crippen molar-refractivity contribution in [1.29, 1.82) is 0 Å². The molecule has 10 N–H and O–H groups in total. The smallest absolute Gasteiger partial charge is 0.394 e. The first-order chi connectivity index (χ1) is 16.7. The molecule has 1 aromatic heterocycles. The monoisotopic (exact) mass is 565 g/mol. The van der Waals surface area contributed by atoms with Crippen LogP contribution in [0.3, 0.4) is 0 Å². The lowest BCUT2D eigenvalue weighted by atomic mass is 9.98. The van der Waals surface area contributed by atoms with Crippen LogP contribution in [0.4, 0.5) is 0 Å². The standard InChI is InChI=1S/C15H25N3O16P2/c16-8-11(23)9(21)5(3-19)32-14(8)33-36(28,29)34-35(26,27)30-4-6-10(22)12(24)13(31-6)18-2-1-7(20)17-15(18)25/h1-2,5-6,8-14,19,21-24H,3-4,16H2,(H,26,27)(H,28,29)(H,17,20,25)/t5?,6-,8?,9?,10-,11?,12-,13-,14?/m1/s1. The van der Waals surface area contributed by atoms with Crippen molar-refractivity contribution in [2.45, 2.75) is 55.2 Å². The predicted molar refractivity (Wildman–Crippen MR) is 111 cm³/mol. The number of aromatic nitrogens is 2. The summed E-state index contributed by atoms with van der Waals surface area (Å²) < 4.78 is 48.5. The quantitative estimate of drug-likeness (QED) is 0.127. The van der Waals surface area contributed by atoms with E-state index >= 15 is 0 Å². The lowest BCUT2D eigenvalue weighted by Crippen LogP contribution is -2.62. The molecule has 21 heteroatoms. The molecule has 1 aromatic rings. The lowest BCUT2D eigenvalue weighted by molar-refractivity contribution is -0.242. The minimum atomic E-state index is -5.51. The molecular weight excluding hydrogens is 540 g/mol. The van der Waals surface area contributed by atoms with Gasteiger partial charge in [0.15, 0.2) is 12.5 Å². The van der Waals surface area contributed by atoms with Crippen molar-refractivity contribution >= 4 is 15.6 Å². The minimum absolute atomic E-state index is 0.735. The van der Waals surface area contributed by atoms with Gasteiger partial charge in [0.2, 0.25) is 0 Å². The van der Waals surface area contributed by atoms with E-state index in [0.717, 1.165) is 16.8 Å². The van der Waals surface area contributed by atoms with Crippen LogP contribution in [0.1, 0.15) is 6.23 Å². The molecule has 0 aromatic carbocycles. The van der Waals surface area contributed by atoms with Crippen molar-refractivity contribution in [3.63, 3.8) is 0 Å². The molecule has 7 unspecified atom stereocenters. The van der Waals surface area contributed by atoms with Gasteiger partial charge in [-0.1, -0.05) is 0 Å². The Labute approximate surface area is 200 Å². The molecule has 2 fully saturated rings. The summed E-state index contributed by atoms with van der Waals surface area (Å²) >= 11 is 0. The Morgan fingerprint density at radius 2 is 1.64 bits per heavy atom. The highest BCUT2D eigenvalue weighted by Gasteiger charge is 2.49. The average Bonchev–Trinajstić information content (AvgIpc) is 3.06. The number of aliphatic hydroxyl groups excluding tert-OH is 5. The van der Waals surface area contributed by atoms with E-state index in [2.05, 4.69) is 13.4 Å². The second-order valence-electron chi connectivity index (χ2n) is 7.77. The first-order valence-corrected chi connectivity index (χ1v) is 13.1. The molecule has 0 spiro atoms. The molecule has 19 nitrogen and oxygen atoms in total. The van der Waals surface area contributed by atoms with E-state index in [1.165, 1.54) is 0 Å². The number of ether oxygens (including phenoxy) is 2. The molecular formula is C15H25N3O16P2. The average molecular weight is 565 g/mol. The number of phosphoric acid groups is 2. The van der Waals surface area contributed by atoms with Crippen molar-refractivity contribution in [1.82, 2.24) is 9.55 Å². The number of hydrogen-bond acceptors (Lipinski definition) is 15. The number of hydrogen-bond donors (Lipinski definition) is 9. The molecule has 0 radical (unpaired) electrons. The van der Waals surface area contributed by atoms with Crippen molar-refractivity contribution < 1.29 is 67.3 Å². The van der Waals surface area contributed by atoms with Crippen molar-refractivity contribution in [3.05, 3.63) is 33.1 Å². The molecule has 0 aliphatic carbocycles. The van der Waals surface area contributed by atoms with E-state index in [1.54, 1.807) is 0 Å². The Bertz CT molecular complexity index is 1130. The van der Waals surface area contributed by atoms with E-state index in [-0.39, 0.29) is 0 Å². The van der Waals surface area contributed by atoms with Crippen LogP contribution >= 0.6 is 15.6 Å². The van der Waals surface area contributed by atoms with E-state index in [1.807, 2.05) is 4.98 Å². The van der Waals surface area contributed by atoms with Crippen LogP contribution in [0.25, 0.3) is 0 Å². The summed E-state index contributed by atoms with van der Waals surface area (Å²) in [6.07, 6.45) is -12.5. The summed E-state index contributed by atoms with van der Waals surface area (Å²) in [5.74, 6) is 0. The van der Waals surface area contributed by atoms with Gasteiger partial charge in [-0.05, 0) is 0 Å². The van der Waals surface area contributed by atoms with Crippen molar-refractivity contribution in [3.8, 4) is 0 Å². The number of aromatic amines is 1. The molecule has 2 saturated heterocycles. The third-order valence-corrected chi connectivity index (χ3v) is 7.84. The molecule has 0 bridgehead atoms. The fraction of sp³-hybridized carbons (Fsp3) is 0.733. The highest BCUT2D eigenvalue weighted by Crippen LogP contribution is 2.61. The number of nitrogens with zero attached hydrogens (tertiary/aromatic N) is 1. The molecule has 0 amide bonds. The lowest BCUT2D eigenvalue weighted by Gasteiger charge is -2.40. The molecule has 2 aliphatic heterocycles. The Balaban J connectivity index is 1.61. The zero-order valence-electron chi connectivity index (χ0n) is 18.0. The van der Waals surface area contributed by atoms with E-state index < -0.39 is 95.3 Å². The van der Waals surface area contributed by atoms with Gasteiger partial charge in [-0.25, -0.2) is 13.9 Å². The van der Waals surface area contributed by atoms with Gasteiger partial charge in [-0.2, -0.15) is 4.31 Å². The maximum Gasteiger partial charge on any atom is 0.483 e. The van der Waals surface area contributed by atoms with Crippen LogP contribution in [0.15, 0.2) is 21.9 Å². The summed E-state index contributed by atoms with van der Waals surface area (Å²) in [6, 6.07) is -0.699. The molecule has 0 saturated carbocycles. The van der Waals surface area contributed by atoms with Crippen LogP contribution in [0, 0.1) is 0 Å². The third kappa shape index (κ3) is 6.54. The summed E-state index contributed by atoms with van der Waals surface area (Å²) in [5, 5.41) is 49.0. The molecule has 11 atom stereocenters. The summed E-state index contributed by atoms with van der Waals surface area (Å²) in [4.78, 5) is 44.6. The molecule has 2 aliphatic rings. The van der Waals surface area contributed by atoms with E-state index in [9.17, 15) is 48.9 Å². The fourth-order valence-electron chi connectivity index (χ4n) is 3.39. The Hall–Kier alpha value is -1.38. The van der Waals surface area contributed by atoms with Gasteiger partial charge in [-0.15, -0.1) is 0 Å². The minimum Gasteiger partial charge on any atom is -0.394 e. The van der Waals surface area contributed by atoms with Gasteiger partial charge in [0.05, 0.1) is 19.3 Å². The summed E-state index contributed by atoms with van der Waals surface area (Å²) in [6.45, 7) is -1.84. The molecule has 36 heavy (non-hydrogen) atoms. The van der Waals surface area contributed by atoms with Crippen LogP contribution in [-0.4, -0.2) is 107 Å². The summed E-state index contributed by atoms with van der Waals surface area (Å²) in [7, 11) is -11.0. The van der Waals surface area contributed by atoms with E-state index in [4.69, 9.17) is 20.3 Å². The zero-order valence-corrected chi connectivity index (χ0v) is 19.8. The topological polar surface area (TPSA) is 303 Å². The largest absolute Gasteiger partial charge is 0.483 e. The van der Waals surface area contributed by atoms with E-state index in [0.29, 0.717) is 0 Å². The van der Waals surface area contributed by atoms with Gasteiger partial charge < -0.3 is 50.5 Å². The van der Waals surface area contributed by atoms with Crippen LogP contribution in [0.5, 0.6) is 0 Å². The number of aliphatic hydroxyl groups is 5. The number of nitrogens with one attached hydrogen (secondary N) is 1. The van der Waals surface area contributed by atoms with Gasteiger partial charge in [0.25, 0.3) is 5.56 Å². The highest BCUT2D eigenvalue weighted by molar-refractivity contribution is 7.61. The van der Waals surface area contributed by atoms with Crippen LogP contribution in [0.2, 0.25) is 0 Å². The predicted octanol–water partition coefficient (Wildman–Crippen LogP) is -4.83. The number of H-pyrrole nitrogens is 1. The van der Waals surface area contributed by atoms with Crippen molar-refractivity contribution in [2.24, 2.45) is 5.73 Å². The Morgan fingerprint density at radius 3 is 2.25 bits per heavy atom. The highest BCUT2D eigenvalue weighted by atomic mass is 31.3. The zero-order chi connectivity index (χ0) is 27.0. The molecule has 3 rings (SSSR count). The SMILES string of the molecule is NC1C(OP(=O)(O)OP(=O)(O)OC[C@H]2O[C@@H](n3ccc(=O)[nH]c3=O)[C@H](O)[C@@H]2O)OC(CO)C(O)C1O. The number of nitrogens with two attached hydrogens (primary N) is 1. The maximum absolute atomic E-state index is 12.2. The second-order valence-corrected chi connectivity index (χ2v) is 10.8. The third-order valence-electron chi connectivity index (χ3n) is 5.24. The summed E-state index contributed by atoms with van der Waals surface area (Å²) in [5.41, 5.74) is 3.82. The fourth-order valence-corrected chi connectivity index (χ4v) is 5.57. The second kappa shape index (κ2) is 11.2. The van der Waals surface area contributed by atoms with Gasteiger partial charge in [-0.3, -0.25) is 23.4 Å². The maximum atomic E-state index is 12.2. The number of phosphoric ester groups is 2. The molecule has 3 heterocycles. The van der Waals surface area contributed by atoms with Gasteiger partial charge in [0, 0.05) is 12.3 Å². The number of rotatable bonds is 9. The van der Waals surface area contributed by atoms with Gasteiger partial charge >= 0.3 is 21.3 Å². The normalized spacial score (nSPS) is 38.4. The van der Waals surface area contributed by atoms with Crippen LogP contribution < -0.4 is 17.0 Å². The Kier molecular flexibility index (Phi) is 9.05. The first-order valence-electron chi connectivity index (χ1n) is 10.1. The molecule has 206 valence electrons. The van der Waals surface area contributed by atoms with Gasteiger partial charge in [0.1, 0.15) is 36.6 Å². The first kappa shape index (κ1) is 29.2. The Morgan fingerprint density at radius 1 is 1.00 bits per heavy atom. The van der Waals surface area contributed by atoms with Crippen LogP contribution in [-0.2, 0) is 32.0 Å².